The lowest BCUT2D eigenvalue weighted by Crippen LogP contribution is -2.40. The zero-order chi connectivity index (χ0) is 33.1. The van der Waals surface area contributed by atoms with Gasteiger partial charge in [0.05, 0.1) is 47.1 Å². The maximum atomic E-state index is 14.1. The molecule has 2 aliphatic heterocycles. The molecule has 0 saturated carbocycles. The number of benzene rings is 2. The number of hydrogen-bond donors (Lipinski definition) is 0. The SMILES string of the molecule is C[C@@H](O[C@H]1CN2C(=O)C(N(c3cnn(C)c3)c3cnn(C)c3)CC2[C@@H]1c1ccc(F)cc1)c1cc(C(F)(F)F)cc(C(F)(F)F)c1. The monoisotopic (exact) mass is 650 g/mol. The van der Waals surface area contributed by atoms with E-state index in [1.165, 1.54) is 19.1 Å². The van der Waals surface area contributed by atoms with Crippen LogP contribution in [0.2, 0.25) is 0 Å². The highest BCUT2D eigenvalue weighted by molar-refractivity contribution is 5.91. The molecule has 15 heteroatoms. The molecule has 0 radical (unpaired) electrons. The number of rotatable bonds is 7. The first-order chi connectivity index (χ1) is 21.6. The zero-order valence-corrected chi connectivity index (χ0v) is 24.8. The molecule has 1 amide bonds. The summed E-state index contributed by atoms with van der Waals surface area (Å²) in [6, 6.07) is 5.81. The van der Waals surface area contributed by atoms with E-state index in [2.05, 4.69) is 10.2 Å². The zero-order valence-electron chi connectivity index (χ0n) is 24.8. The van der Waals surface area contributed by atoms with Crippen LogP contribution in [0.1, 0.15) is 47.6 Å². The summed E-state index contributed by atoms with van der Waals surface area (Å²) >= 11 is 0. The average molecular weight is 651 g/mol. The van der Waals surface area contributed by atoms with Gasteiger partial charge < -0.3 is 14.5 Å². The fourth-order valence-electron chi connectivity index (χ4n) is 6.53. The van der Waals surface area contributed by atoms with Crippen molar-refractivity contribution in [1.82, 2.24) is 24.5 Å². The Labute approximate surface area is 259 Å². The number of aryl methyl sites for hydroxylation is 2. The molecule has 8 nitrogen and oxygen atoms in total. The molecule has 0 N–H and O–H groups in total. The van der Waals surface area contributed by atoms with Crippen molar-refractivity contribution in [3.05, 3.63) is 95.3 Å². The molecule has 4 aromatic rings. The molecule has 0 bridgehead atoms. The number of aromatic nitrogens is 4. The Morgan fingerprint density at radius 2 is 1.43 bits per heavy atom. The topological polar surface area (TPSA) is 68.4 Å². The number of halogens is 7. The van der Waals surface area contributed by atoms with Gasteiger partial charge in [0, 0.05) is 45.0 Å². The van der Waals surface area contributed by atoms with E-state index in [0.29, 0.717) is 35.5 Å². The first kappa shape index (κ1) is 31.6. The summed E-state index contributed by atoms with van der Waals surface area (Å²) in [4.78, 5) is 17.6. The number of alkyl halides is 6. The summed E-state index contributed by atoms with van der Waals surface area (Å²) in [6.07, 6.45) is -4.98. The highest BCUT2D eigenvalue weighted by Gasteiger charge is 2.54. The van der Waals surface area contributed by atoms with Crippen LogP contribution in [-0.2, 0) is 36.0 Å². The molecule has 2 aromatic heterocycles. The van der Waals surface area contributed by atoms with E-state index in [1.807, 2.05) is 4.90 Å². The van der Waals surface area contributed by atoms with Gasteiger partial charge in [0.15, 0.2) is 0 Å². The van der Waals surface area contributed by atoms with Crippen LogP contribution in [0.15, 0.2) is 67.3 Å². The van der Waals surface area contributed by atoms with Crippen molar-refractivity contribution in [2.24, 2.45) is 14.1 Å². The van der Waals surface area contributed by atoms with Crippen molar-refractivity contribution in [2.45, 2.75) is 55.9 Å². The van der Waals surface area contributed by atoms with Crippen LogP contribution in [0.4, 0.5) is 42.1 Å². The van der Waals surface area contributed by atoms with Crippen LogP contribution in [0.3, 0.4) is 0 Å². The molecule has 2 aliphatic rings. The molecular weight excluding hydrogens is 621 g/mol. The Balaban J connectivity index is 1.34. The van der Waals surface area contributed by atoms with E-state index >= 15 is 0 Å². The molecule has 46 heavy (non-hydrogen) atoms. The summed E-state index contributed by atoms with van der Waals surface area (Å²) < 4.78 is 105. The van der Waals surface area contributed by atoms with E-state index in [-0.39, 0.29) is 24.1 Å². The maximum Gasteiger partial charge on any atom is 0.416 e. The number of hydrogen-bond acceptors (Lipinski definition) is 5. The Morgan fingerprint density at radius 1 is 0.891 bits per heavy atom. The summed E-state index contributed by atoms with van der Waals surface area (Å²) in [5.74, 6) is -1.30. The highest BCUT2D eigenvalue weighted by Crippen LogP contribution is 2.46. The predicted octanol–water partition coefficient (Wildman–Crippen LogP) is 6.38. The minimum Gasteiger partial charge on any atom is -0.368 e. The minimum absolute atomic E-state index is 0.0192. The summed E-state index contributed by atoms with van der Waals surface area (Å²) in [6.45, 7) is 1.39. The summed E-state index contributed by atoms with van der Waals surface area (Å²) in [5.41, 5.74) is -1.28. The van der Waals surface area contributed by atoms with Crippen LogP contribution < -0.4 is 4.90 Å². The quantitative estimate of drug-likeness (QED) is 0.217. The first-order valence-electron chi connectivity index (χ1n) is 14.4. The van der Waals surface area contributed by atoms with Gasteiger partial charge in [-0.05, 0) is 54.8 Å². The van der Waals surface area contributed by atoms with Crippen LogP contribution in [0, 0.1) is 5.82 Å². The predicted molar refractivity (Wildman–Crippen MR) is 151 cm³/mol. The van der Waals surface area contributed by atoms with Crippen molar-refractivity contribution in [1.29, 1.82) is 0 Å². The van der Waals surface area contributed by atoms with Crippen molar-refractivity contribution < 1.29 is 40.3 Å². The molecule has 244 valence electrons. The Bertz CT molecular complexity index is 1660. The first-order valence-corrected chi connectivity index (χ1v) is 14.4. The summed E-state index contributed by atoms with van der Waals surface area (Å²) in [7, 11) is 3.49. The Hall–Kier alpha value is -4.40. The smallest absolute Gasteiger partial charge is 0.368 e. The molecule has 2 aromatic carbocycles. The van der Waals surface area contributed by atoms with E-state index in [9.17, 15) is 35.5 Å². The fourth-order valence-corrected chi connectivity index (χ4v) is 6.53. The molecule has 5 atom stereocenters. The summed E-state index contributed by atoms with van der Waals surface area (Å²) in [5, 5.41) is 8.50. The third kappa shape index (κ3) is 5.95. The average Bonchev–Trinajstić information content (AvgIpc) is 3.75. The van der Waals surface area contributed by atoms with Crippen LogP contribution in [0.25, 0.3) is 0 Å². The van der Waals surface area contributed by atoms with Crippen LogP contribution in [-0.4, -0.2) is 55.1 Å². The molecule has 2 unspecified atom stereocenters. The number of nitrogens with zero attached hydrogens (tertiary/aromatic N) is 6. The second kappa shape index (κ2) is 11.4. The van der Waals surface area contributed by atoms with Gasteiger partial charge in [-0.15, -0.1) is 0 Å². The molecule has 2 saturated heterocycles. The second-order valence-electron chi connectivity index (χ2n) is 11.7. The molecule has 6 rings (SSSR count). The van der Waals surface area contributed by atoms with Gasteiger partial charge in [-0.2, -0.15) is 36.5 Å². The third-order valence-electron chi connectivity index (χ3n) is 8.59. The van der Waals surface area contributed by atoms with E-state index in [1.54, 1.807) is 65.3 Å². The van der Waals surface area contributed by atoms with E-state index in [4.69, 9.17) is 4.74 Å². The largest absolute Gasteiger partial charge is 0.416 e. The van der Waals surface area contributed by atoms with Gasteiger partial charge in [-0.25, -0.2) is 4.39 Å². The van der Waals surface area contributed by atoms with Gasteiger partial charge in [-0.3, -0.25) is 14.2 Å². The fraction of sp³-hybridized carbons (Fsp3) is 0.387. The second-order valence-corrected chi connectivity index (χ2v) is 11.7. The Kier molecular flexibility index (Phi) is 7.85. The van der Waals surface area contributed by atoms with Crippen molar-refractivity contribution in [3.63, 3.8) is 0 Å². The van der Waals surface area contributed by atoms with Gasteiger partial charge in [0.2, 0.25) is 5.91 Å². The highest BCUT2D eigenvalue weighted by atomic mass is 19.4. The van der Waals surface area contributed by atoms with Gasteiger partial charge in [-0.1, -0.05) is 12.1 Å². The lowest BCUT2D eigenvalue weighted by molar-refractivity contribution is -0.143. The van der Waals surface area contributed by atoms with E-state index in [0.717, 1.165) is 0 Å². The van der Waals surface area contributed by atoms with Gasteiger partial charge >= 0.3 is 12.4 Å². The van der Waals surface area contributed by atoms with Gasteiger partial charge in [0.25, 0.3) is 0 Å². The molecule has 0 aliphatic carbocycles. The number of amides is 1. The maximum absolute atomic E-state index is 14.1. The standard InChI is InChI=1S/C31H29F7N6O2/c1-17(19-8-20(30(33,34)35)10-21(9-19)31(36,37)38)46-27-16-43-25(28(27)18-4-6-22(32)7-5-18)11-26(29(43)45)44(23-12-39-41(2)14-23)24-13-40-42(3)15-24/h4-10,12-15,17,25-28H,11,16H2,1-3H3/t17-,25?,26?,27+,28+/m1/s1. The molecule has 2 fully saturated rings. The van der Waals surface area contributed by atoms with Crippen molar-refractivity contribution in [3.8, 4) is 0 Å². The number of carbonyl (C=O) groups is 1. The Morgan fingerprint density at radius 3 is 1.91 bits per heavy atom. The van der Waals surface area contributed by atoms with Crippen LogP contribution >= 0.6 is 0 Å². The van der Waals surface area contributed by atoms with Crippen LogP contribution in [0.5, 0.6) is 0 Å². The number of anilines is 2. The number of carbonyl (C=O) groups excluding carboxylic acids is 1. The molecule has 4 heterocycles. The molecular formula is C31H29F7N6O2. The lowest BCUT2D eigenvalue weighted by atomic mass is 9.87. The van der Waals surface area contributed by atoms with E-state index < -0.39 is 59.5 Å². The van der Waals surface area contributed by atoms with Crippen molar-refractivity contribution >= 4 is 17.3 Å². The number of ether oxygens (including phenoxy) is 1. The molecule has 0 spiro atoms. The number of fused-ring (bicyclic) bond motifs is 1. The normalized spacial score (nSPS) is 22.4. The lowest BCUT2D eigenvalue weighted by Gasteiger charge is -2.30. The third-order valence-corrected chi connectivity index (χ3v) is 8.59. The minimum atomic E-state index is -5.02. The van der Waals surface area contributed by atoms with Crippen molar-refractivity contribution in [2.75, 3.05) is 11.4 Å². The van der Waals surface area contributed by atoms with Gasteiger partial charge in [0.1, 0.15) is 11.9 Å².